The minimum absolute atomic E-state index is 0.157. The Morgan fingerprint density at radius 3 is 2.53 bits per heavy atom. The number of rotatable bonds is 5. The molecule has 2 N–H and O–H groups in total. The first-order valence-electron chi connectivity index (χ1n) is 5.38. The second-order valence-corrected chi connectivity index (χ2v) is 4.51. The number of carbonyl (C=O) groups excluding carboxylic acids is 2. The van der Waals surface area contributed by atoms with E-state index in [4.69, 9.17) is 0 Å². The van der Waals surface area contributed by atoms with Crippen LogP contribution in [0, 0.1) is 10.1 Å². The van der Waals surface area contributed by atoms with E-state index in [1.54, 1.807) is 0 Å². The number of nitro benzene ring substituents is 1. The molecule has 0 saturated carbocycles. The molecular formula is C11H12BrN3O4. The summed E-state index contributed by atoms with van der Waals surface area (Å²) in [6.07, 6.45) is 0. The van der Waals surface area contributed by atoms with Crippen LogP contribution >= 0.6 is 15.9 Å². The molecule has 102 valence electrons. The minimum Gasteiger partial charge on any atom is -0.355 e. The number of hydrogen-bond acceptors (Lipinski definition) is 4. The fourth-order valence-electron chi connectivity index (χ4n) is 1.31. The second kappa shape index (κ2) is 6.83. The summed E-state index contributed by atoms with van der Waals surface area (Å²) in [5.41, 5.74) is 0.0206. The van der Waals surface area contributed by atoms with Gasteiger partial charge in [-0.3, -0.25) is 19.7 Å². The molecule has 0 fully saturated rings. The van der Waals surface area contributed by atoms with Crippen LogP contribution in [0.5, 0.6) is 0 Å². The zero-order valence-electron chi connectivity index (χ0n) is 10.1. The molecule has 19 heavy (non-hydrogen) atoms. The van der Waals surface area contributed by atoms with Crippen LogP contribution < -0.4 is 10.6 Å². The minimum atomic E-state index is -0.569. The first-order chi connectivity index (χ1) is 8.91. The maximum atomic E-state index is 11.8. The molecule has 0 radical (unpaired) electrons. The highest BCUT2D eigenvalue weighted by Crippen LogP contribution is 2.22. The lowest BCUT2D eigenvalue weighted by molar-refractivity contribution is -0.384. The summed E-state index contributed by atoms with van der Waals surface area (Å²) in [6, 6.07) is 3.94. The van der Waals surface area contributed by atoms with Gasteiger partial charge in [-0.15, -0.1) is 0 Å². The Bertz CT molecular complexity index is 519. The Hall–Kier alpha value is -1.96. The van der Waals surface area contributed by atoms with Crippen molar-refractivity contribution in [3.05, 3.63) is 38.3 Å². The molecular weight excluding hydrogens is 318 g/mol. The van der Waals surface area contributed by atoms with Gasteiger partial charge in [0.15, 0.2) is 0 Å². The van der Waals surface area contributed by atoms with Gasteiger partial charge in [-0.2, -0.15) is 0 Å². The lowest BCUT2D eigenvalue weighted by Gasteiger charge is -2.07. The molecule has 0 atom stereocenters. The number of benzene rings is 1. The van der Waals surface area contributed by atoms with Crippen molar-refractivity contribution in [2.24, 2.45) is 0 Å². The van der Waals surface area contributed by atoms with Crippen LogP contribution in [0.4, 0.5) is 5.69 Å². The third kappa shape index (κ3) is 4.66. The fraction of sp³-hybridized carbons (Fsp3) is 0.273. The van der Waals surface area contributed by atoms with Gasteiger partial charge in [-0.1, -0.05) is 0 Å². The molecule has 2 amide bonds. The van der Waals surface area contributed by atoms with Gasteiger partial charge in [0.2, 0.25) is 5.91 Å². The molecule has 0 aliphatic heterocycles. The van der Waals surface area contributed by atoms with Crippen LogP contribution in [0.2, 0.25) is 0 Å². The average molecular weight is 330 g/mol. The Morgan fingerprint density at radius 1 is 1.32 bits per heavy atom. The maximum Gasteiger partial charge on any atom is 0.270 e. The molecule has 0 saturated heterocycles. The Labute approximate surface area is 117 Å². The van der Waals surface area contributed by atoms with Crippen molar-refractivity contribution in [3.63, 3.8) is 0 Å². The average Bonchev–Trinajstić information content (AvgIpc) is 2.34. The monoisotopic (exact) mass is 329 g/mol. The highest BCUT2D eigenvalue weighted by Gasteiger charge is 2.14. The summed E-state index contributed by atoms with van der Waals surface area (Å²) in [6.45, 7) is 1.92. The molecule has 0 unspecified atom stereocenters. The number of non-ortho nitro benzene ring substituents is 1. The van der Waals surface area contributed by atoms with Gasteiger partial charge in [-0.05, 0) is 22.0 Å². The number of nitro groups is 1. The van der Waals surface area contributed by atoms with Gasteiger partial charge in [0.1, 0.15) is 0 Å². The van der Waals surface area contributed by atoms with Crippen molar-refractivity contribution in [2.45, 2.75) is 6.92 Å². The number of halogens is 1. The van der Waals surface area contributed by atoms with Crippen molar-refractivity contribution in [3.8, 4) is 0 Å². The predicted octanol–water partition coefficient (Wildman–Crippen LogP) is 1.22. The number of carbonyl (C=O) groups is 2. The highest BCUT2D eigenvalue weighted by atomic mass is 79.9. The van der Waals surface area contributed by atoms with Crippen molar-refractivity contribution >= 4 is 33.4 Å². The molecule has 0 spiro atoms. The number of amides is 2. The number of nitrogens with zero attached hydrogens (tertiary/aromatic N) is 1. The van der Waals surface area contributed by atoms with Gasteiger partial charge >= 0.3 is 0 Å². The molecule has 0 aliphatic carbocycles. The van der Waals surface area contributed by atoms with E-state index in [0.29, 0.717) is 11.0 Å². The third-order valence-electron chi connectivity index (χ3n) is 2.19. The molecule has 1 aromatic rings. The first kappa shape index (κ1) is 15.1. The Morgan fingerprint density at radius 2 is 1.95 bits per heavy atom. The van der Waals surface area contributed by atoms with E-state index >= 15 is 0 Å². The number of nitrogens with one attached hydrogen (secondary N) is 2. The standard InChI is InChI=1S/C11H12BrN3O4/c1-7(16)13-4-5-14-11(17)9-6-8(15(18)19)2-3-10(9)12/h2-3,6H,4-5H2,1H3,(H,13,16)(H,14,17). The quantitative estimate of drug-likeness (QED) is 0.481. The molecule has 1 aromatic carbocycles. The molecule has 0 heterocycles. The van der Waals surface area contributed by atoms with Gasteiger partial charge in [0.05, 0.1) is 10.5 Å². The zero-order chi connectivity index (χ0) is 14.4. The third-order valence-corrected chi connectivity index (χ3v) is 2.88. The zero-order valence-corrected chi connectivity index (χ0v) is 11.7. The summed E-state index contributed by atoms with van der Waals surface area (Å²) >= 11 is 3.16. The molecule has 0 aromatic heterocycles. The second-order valence-electron chi connectivity index (χ2n) is 3.66. The van der Waals surface area contributed by atoms with Crippen LogP contribution in [-0.2, 0) is 4.79 Å². The molecule has 7 nitrogen and oxygen atoms in total. The fourth-order valence-corrected chi connectivity index (χ4v) is 1.74. The lowest BCUT2D eigenvalue weighted by atomic mass is 10.2. The summed E-state index contributed by atoms with van der Waals surface area (Å²) in [7, 11) is 0. The molecule has 8 heteroatoms. The van der Waals surface area contributed by atoms with E-state index in [2.05, 4.69) is 26.6 Å². The topological polar surface area (TPSA) is 101 Å². The van der Waals surface area contributed by atoms with Crippen LogP contribution in [0.3, 0.4) is 0 Å². The van der Waals surface area contributed by atoms with Gasteiger partial charge in [0, 0.05) is 36.6 Å². The van der Waals surface area contributed by atoms with Crippen molar-refractivity contribution in [1.82, 2.24) is 10.6 Å². The highest BCUT2D eigenvalue weighted by molar-refractivity contribution is 9.10. The smallest absolute Gasteiger partial charge is 0.270 e. The normalized spacial score (nSPS) is 9.79. The van der Waals surface area contributed by atoms with E-state index in [1.165, 1.54) is 25.1 Å². The van der Waals surface area contributed by atoms with E-state index in [1.807, 2.05) is 0 Å². The Kier molecular flexibility index (Phi) is 5.43. The van der Waals surface area contributed by atoms with Crippen molar-refractivity contribution in [1.29, 1.82) is 0 Å². The van der Waals surface area contributed by atoms with Crippen molar-refractivity contribution in [2.75, 3.05) is 13.1 Å². The van der Waals surface area contributed by atoms with E-state index < -0.39 is 10.8 Å². The summed E-state index contributed by atoms with van der Waals surface area (Å²) in [5, 5.41) is 15.7. The van der Waals surface area contributed by atoms with Crippen LogP contribution in [0.1, 0.15) is 17.3 Å². The van der Waals surface area contributed by atoms with Gasteiger partial charge in [0.25, 0.3) is 11.6 Å². The molecule has 0 aliphatic rings. The SMILES string of the molecule is CC(=O)NCCNC(=O)c1cc([N+](=O)[O-])ccc1Br. The molecule has 0 bridgehead atoms. The first-order valence-corrected chi connectivity index (χ1v) is 6.17. The van der Waals surface area contributed by atoms with Gasteiger partial charge in [-0.25, -0.2) is 0 Å². The number of hydrogen-bond donors (Lipinski definition) is 2. The van der Waals surface area contributed by atoms with Crippen molar-refractivity contribution < 1.29 is 14.5 Å². The summed E-state index contributed by atoms with van der Waals surface area (Å²) in [5.74, 6) is -0.633. The molecule has 1 rings (SSSR count). The van der Waals surface area contributed by atoms with E-state index in [-0.39, 0.29) is 23.7 Å². The summed E-state index contributed by atoms with van der Waals surface area (Å²) < 4.78 is 0.468. The predicted molar refractivity (Wildman–Crippen MR) is 71.8 cm³/mol. The van der Waals surface area contributed by atoms with Crippen LogP contribution in [0.15, 0.2) is 22.7 Å². The van der Waals surface area contributed by atoms with Gasteiger partial charge < -0.3 is 10.6 Å². The van der Waals surface area contributed by atoms with Crippen LogP contribution in [0.25, 0.3) is 0 Å². The Balaban J connectivity index is 2.68. The maximum absolute atomic E-state index is 11.8. The van der Waals surface area contributed by atoms with Crippen LogP contribution in [-0.4, -0.2) is 29.8 Å². The largest absolute Gasteiger partial charge is 0.355 e. The van der Waals surface area contributed by atoms with E-state index in [9.17, 15) is 19.7 Å². The summed E-state index contributed by atoms with van der Waals surface area (Å²) in [4.78, 5) is 32.5. The lowest BCUT2D eigenvalue weighted by Crippen LogP contribution is -2.33. The van der Waals surface area contributed by atoms with E-state index in [0.717, 1.165) is 0 Å².